The highest BCUT2D eigenvalue weighted by Gasteiger charge is 2.28. The number of amides is 2. The summed E-state index contributed by atoms with van der Waals surface area (Å²) in [5.74, 6) is -0.773. The Bertz CT molecular complexity index is 974. The number of carboxylic acid groups (broad SMARTS) is 1. The molecule has 0 saturated heterocycles. The molecule has 2 amide bonds. The lowest BCUT2D eigenvalue weighted by Crippen LogP contribution is -2.50. The van der Waals surface area contributed by atoms with E-state index in [1.807, 2.05) is 13.8 Å². The van der Waals surface area contributed by atoms with Gasteiger partial charge in [0, 0.05) is 25.2 Å². The number of aromatic amines is 1. The second kappa shape index (κ2) is 11.5. The first-order valence-electron chi connectivity index (χ1n) is 11.2. The molecule has 0 spiro atoms. The van der Waals surface area contributed by atoms with Crippen LogP contribution in [0.15, 0.2) is 24.5 Å². The largest absolute Gasteiger partial charge is 0.508 e. The number of phenols is 1. The molecule has 0 fully saturated rings. The lowest BCUT2D eigenvalue weighted by Gasteiger charge is -2.26. The van der Waals surface area contributed by atoms with Crippen molar-refractivity contribution in [3.05, 3.63) is 47.0 Å². The molecular weight excluding hydrogens is 440 g/mol. The summed E-state index contributed by atoms with van der Waals surface area (Å²) in [5, 5.41) is 24.4. The minimum atomic E-state index is -0.978. The Kier molecular flexibility index (Phi) is 9.05. The van der Waals surface area contributed by atoms with Crippen LogP contribution in [0, 0.1) is 13.8 Å². The standard InChI is InChI=1S/C24H34N4O6/c1-14-11-16(29)12-15(2)17(14)13-19(28-23(33)34-24(3,4)5)22(32)27-18(7-6-8-20(30)31)21-25-9-10-26-21/h9-12,18-19,29H,6-8,13H2,1-5H3,(H,25,26)(H,27,32)(H,28,33)(H,30,31). The summed E-state index contributed by atoms with van der Waals surface area (Å²) in [6, 6.07) is 1.66. The molecule has 2 rings (SSSR count). The second-order valence-electron chi connectivity index (χ2n) is 9.28. The zero-order valence-corrected chi connectivity index (χ0v) is 20.3. The maximum atomic E-state index is 13.4. The Labute approximate surface area is 199 Å². The fourth-order valence-electron chi connectivity index (χ4n) is 3.63. The molecule has 1 aromatic carbocycles. The van der Waals surface area contributed by atoms with Gasteiger partial charge in [0.25, 0.3) is 0 Å². The van der Waals surface area contributed by atoms with Gasteiger partial charge in [-0.2, -0.15) is 0 Å². The monoisotopic (exact) mass is 474 g/mol. The summed E-state index contributed by atoms with van der Waals surface area (Å²) < 4.78 is 5.35. The van der Waals surface area contributed by atoms with Crippen LogP contribution in [0.3, 0.4) is 0 Å². The summed E-state index contributed by atoms with van der Waals surface area (Å²) >= 11 is 0. The number of aliphatic carboxylic acids is 1. The molecule has 2 aromatic rings. The third-order valence-electron chi connectivity index (χ3n) is 5.15. The molecule has 0 aliphatic rings. The van der Waals surface area contributed by atoms with Gasteiger partial charge in [-0.3, -0.25) is 9.59 Å². The number of benzene rings is 1. The number of phenolic OH excluding ortho intramolecular Hbond substituents is 1. The molecule has 0 radical (unpaired) electrons. The predicted molar refractivity (Wildman–Crippen MR) is 125 cm³/mol. The normalized spacial score (nSPS) is 13.1. The first-order chi connectivity index (χ1) is 15.9. The second-order valence-corrected chi connectivity index (χ2v) is 9.28. The average molecular weight is 475 g/mol. The Morgan fingerprint density at radius 2 is 1.79 bits per heavy atom. The number of carboxylic acids is 1. The van der Waals surface area contributed by atoms with E-state index in [0.29, 0.717) is 18.7 Å². The number of nitrogens with one attached hydrogen (secondary N) is 3. The van der Waals surface area contributed by atoms with Gasteiger partial charge < -0.3 is 30.6 Å². The molecule has 2 unspecified atom stereocenters. The van der Waals surface area contributed by atoms with Crippen LogP contribution >= 0.6 is 0 Å². The molecule has 0 aliphatic carbocycles. The number of aromatic hydroxyl groups is 1. The Hall–Kier alpha value is -3.56. The van der Waals surface area contributed by atoms with Crippen LogP contribution in [0.4, 0.5) is 4.79 Å². The van der Waals surface area contributed by atoms with Crippen LogP contribution in [0.5, 0.6) is 5.75 Å². The van der Waals surface area contributed by atoms with Crippen molar-refractivity contribution < 1.29 is 29.3 Å². The number of carbonyl (C=O) groups excluding carboxylic acids is 2. The van der Waals surface area contributed by atoms with Gasteiger partial charge in [0.05, 0.1) is 6.04 Å². The fraction of sp³-hybridized carbons (Fsp3) is 0.500. The van der Waals surface area contributed by atoms with Gasteiger partial charge in [-0.25, -0.2) is 9.78 Å². The highest BCUT2D eigenvalue weighted by atomic mass is 16.6. The number of aryl methyl sites for hydroxylation is 2. The number of hydrogen-bond acceptors (Lipinski definition) is 6. The maximum absolute atomic E-state index is 13.4. The molecular formula is C24H34N4O6. The molecule has 0 bridgehead atoms. The fourth-order valence-corrected chi connectivity index (χ4v) is 3.63. The van der Waals surface area contributed by atoms with Crippen molar-refractivity contribution >= 4 is 18.0 Å². The van der Waals surface area contributed by atoms with Crippen LogP contribution in [0.1, 0.15) is 68.6 Å². The van der Waals surface area contributed by atoms with Gasteiger partial charge >= 0.3 is 12.1 Å². The number of nitrogens with zero attached hydrogens (tertiary/aromatic N) is 1. The summed E-state index contributed by atoms with van der Waals surface area (Å²) in [6.45, 7) is 8.83. The molecule has 0 aliphatic heterocycles. The van der Waals surface area contributed by atoms with E-state index in [2.05, 4.69) is 20.6 Å². The van der Waals surface area contributed by atoms with E-state index in [9.17, 15) is 19.5 Å². The van der Waals surface area contributed by atoms with Gasteiger partial charge in [-0.05, 0) is 76.3 Å². The number of H-pyrrole nitrogens is 1. The highest BCUT2D eigenvalue weighted by molar-refractivity contribution is 5.86. The van der Waals surface area contributed by atoms with E-state index >= 15 is 0 Å². The van der Waals surface area contributed by atoms with Crippen molar-refractivity contribution in [1.82, 2.24) is 20.6 Å². The third-order valence-corrected chi connectivity index (χ3v) is 5.15. The molecule has 10 heteroatoms. The minimum Gasteiger partial charge on any atom is -0.508 e. The zero-order valence-electron chi connectivity index (χ0n) is 20.3. The van der Waals surface area contributed by atoms with Gasteiger partial charge in [0.2, 0.25) is 5.91 Å². The molecule has 10 nitrogen and oxygen atoms in total. The molecule has 1 aromatic heterocycles. The van der Waals surface area contributed by atoms with Crippen molar-refractivity contribution in [2.24, 2.45) is 0 Å². The van der Waals surface area contributed by atoms with Crippen LogP contribution in [-0.2, 0) is 20.7 Å². The topological polar surface area (TPSA) is 154 Å². The predicted octanol–water partition coefficient (Wildman–Crippen LogP) is 3.28. The van der Waals surface area contributed by atoms with E-state index in [1.165, 1.54) is 0 Å². The zero-order chi connectivity index (χ0) is 25.5. The van der Waals surface area contributed by atoms with E-state index in [1.54, 1.807) is 45.3 Å². The Morgan fingerprint density at radius 1 is 1.15 bits per heavy atom. The quantitative estimate of drug-likeness (QED) is 0.354. The van der Waals surface area contributed by atoms with Crippen molar-refractivity contribution in [3.63, 3.8) is 0 Å². The molecule has 1 heterocycles. The summed E-state index contributed by atoms with van der Waals surface area (Å²) in [6.07, 6.45) is 3.24. The van der Waals surface area contributed by atoms with Gasteiger partial charge in [-0.1, -0.05) is 0 Å². The van der Waals surface area contributed by atoms with Crippen molar-refractivity contribution in [1.29, 1.82) is 0 Å². The summed E-state index contributed by atoms with van der Waals surface area (Å²) in [7, 11) is 0. The van der Waals surface area contributed by atoms with Crippen LogP contribution in [0.25, 0.3) is 0 Å². The number of imidazole rings is 1. The van der Waals surface area contributed by atoms with E-state index in [-0.39, 0.29) is 18.6 Å². The number of alkyl carbamates (subject to hydrolysis) is 1. The summed E-state index contributed by atoms with van der Waals surface area (Å²) in [4.78, 5) is 44.0. The van der Waals surface area contributed by atoms with Crippen molar-refractivity contribution in [3.8, 4) is 5.75 Å². The first kappa shape index (κ1) is 26.7. The number of ether oxygens (including phenoxy) is 1. The van der Waals surface area contributed by atoms with E-state index in [0.717, 1.165) is 16.7 Å². The molecule has 0 saturated carbocycles. The van der Waals surface area contributed by atoms with Gasteiger partial charge in [-0.15, -0.1) is 0 Å². The van der Waals surface area contributed by atoms with Crippen LogP contribution < -0.4 is 10.6 Å². The molecule has 2 atom stereocenters. The third kappa shape index (κ3) is 8.42. The maximum Gasteiger partial charge on any atom is 0.408 e. The van der Waals surface area contributed by atoms with E-state index in [4.69, 9.17) is 9.84 Å². The Balaban J connectivity index is 2.27. The SMILES string of the molecule is Cc1cc(O)cc(C)c1CC(NC(=O)OC(C)(C)C)C(=O)NC(CCCC(=O)O)c1ncc[nH]1. The summed E-state index contributed by atoms with van der Waals surface area (Å²) in [5.41, 5.74) is 1.63. The smallest absolute Gasteiger partial charge is 0.408 e. The molecule has 34 heavy (non-hydrogen) atoms. The molecule has 186 valence electrons. The number of aromatic nitrogens is 2. The van der Waals surface area contributed by atoms with Gasteiger partial charge in [0.15, 0.2) is 0 Å². The lowest BCUT2D eigenvalue weighted by atomic mass is 9.95. The first-order valence-corrected chi connectivity index (χ1v) is 11.2. The van der Waals surface area contributed by atoms with Gasteiger partial charge in [0.1, 0.15) is 23.2 Å². The molecule has 5 N–H and O–H groups in total. The highest BCUT2D eigenvalue weighted by Crippen LogP contribution is 2.23. The van der Waals surface area contributed by atoms with Crippen LogP contribution in [-0.4, -0.2) is 49.8 Å². The lowest BCUT2D eigenvalue weighted by molar-refractivity contribution is -0.137. The van der Waals surface area contributed by atoms with E-state index < -0.39 is 35.7 Å². The Morgan fingerprint density at radius 3 is 2.32 bits per heavy atom. The minimum absolute atomic E-state index is 0.0431. The van der Waals surface area contributed by atoms with Crippen molar-refractivity contribution in [2.75, 3.05) is 0 Å². The number of carbonyl (C=O) groups is 3. The number of hydrogen-bond donors (Lipinski definition) is 5. The van der Waals surface area contributed by atoms with Crippen LogP contribution in [0.2, 0.25) is 0 Å². The van der Waals surface area contributed by atoms with Crippen molar-refractivity contribution in [2.45, 2.75) is 78.0 Å². The number of rotatable bonds is 10. The average Bonchev–Trinajstić information content (AvgIpc) is 3.21.